The minimum absolute atomic E-state index is 0.156. The Morgan fingerprint density at radius 1 is 1.22 bits per heavy atom. The van der Waals surface area contributed by atoms with Gasteiger partial charge in [0.25, 0.3) is 0 Å². The second kappa shape index (κ2) is 8.08. The fourth-order valence-corrected chi connectivity index (χ4v) is 3.16. The number of benzene rings is 1. The lowest BCUT2D eigenvalue weighted by Crippen LogP contribution is -2.36. The summed E-state index contributed by atoms with van der Waals surface area (Å²) in [4.78, 5) is 14.8. The van der Waals surface area contributed by atoms with Gasteiger partial charge in [0, 0.05) is 24.5 Å². The Labute approximate surface area is 144 Å². The lowest BCUT2D eigenvalue weighted by Gasteiger charge is -2.17. The molecule has 0 fully saturated rings. The summed E-state index contributed by atoms with van der Waals surface area (Å²) in [6.07, 6.45) is 0. The summed E-state index contributed by atoms with van der Waals surface area (Å²) in [7, 11) is 4.93. The number of halogens is 1. The molecule has 7 heteroatoms. The number of nitrogens with zero attached hydrogens (tertiary/aromatic N) is 1. The molecule has 0 bridgehead atoms. The van der Waals surface area contributed by atoms with Gasteiger partial charge in [-0.25, -0.2) is 4.79 Å². The summed E-state index contributed by atoms with van der Waals surface area (Å²) < 4.78 is 11.2. The molecule has 0 radical (unpaired) electrons. The zero-order chi connectivity index (χ0) is 16.8. The van der Waals surface area contributed by atoms with Crippen LogP contribution >= 0.6 is 22.9 Å². The van der Waals surface area contributed by atoms with Crippen LogP contribution in [0.25, 0.3) is 0 Å². The number of hydrogen-bond acceptors (Lipinski definition) is 4. The fourth-order valence-electron chi connectivity index (χ4n) is 2.02. The monoisotopic (exact) mass is 354 g/mol. The second-order valence-electron chi connectivity index (χ2n) is 4.94. The number of urea groups is 1. The molecule has 0 atom stereocenters. The van der Waals surface area contributed by atoms with Gasteiger partial charge in [0.05, 0.1) is 25.1 Å². The van der Waals surface area contributed by atoms with Crippen molar-refractivity contribution in [2.24, 2.45) is 0 Å². The van der Waals surface area contributed by atoms with Crippen molar-refractivity contribution in [1.29, 1.82) is 0 Å². The smallest absolute Gasteiger partial charge is 0.317 e. The fraction of sp³-hybridized carbons (Fsp3) is 0.312. The Morgan fingerprint density at radius 2 is 1.87 bits per heavy atom. The van der Waals surface area contributed by atoms with Crippen molar-refractivity contribution >= 4 is 29.0 Å². The van der Waals surface area contributed by atoms with Gasteiger partial charge in [-0.2, -0.15) is 0 Å². The van der Waals surface area contributed by atoms with Crippen molar-refractivity contribution in [3.8, 4) is 11.5 Å². The molecule has 0 aliphatic rings. The van der Waals surface area contributed by atoms with Crippen LogP contribution in [0.2, 0.25) is 4.34 Å². The number of hydrogen-bond donors (Lipinski definition) is 1. The number of nitrogens with one attached hydrogen (secondary N) is 1. The van der Waals surface area contributed by atoms with Crippen LogP contribution in [0.15, 0.2) is 30.3 Å². The molecule has 1 aromatic heterocycles. The van der Waals surface area contributed by atoms with Crippen molar-refractivity contribution in [1.82, 2.24) is 10.2 Å². The highest BCUT2D eigenvalue weighted by molar-refractivity contribution is 7.16. The van der Waals surface area contributed by atoms with E-state index in [1.54, 1.807) is 32.2 Å². The van der Waals surface area contributed by atoms with E-state index < -0.39 is 0 Å². The number of carbonyl (C=O) groups is 1. The molecule has 1 aromatic carbocycles. The summed E-state index contributed by atoms with van der Waals surface area (Å²) in [5.41, 5.74) is 0.905. The standard InChI is InChI=1S/C16H19ClN2O3S/c1-19(10-14-4-5-15(17)23-14)16(20)18-9-11-6-12(21-2)8-13(7-11)22-3/h4-8H,9-10H2,1-3H3,(H,18,20). The Balaban J connectivity index is 1.93. The lowest BCUT2D eigenvalue weighted by molar-refractivity contribution is 0.207. The molecule has 1 N–H and O–H groups in total. The maximum absolute atomic E-state index is 12.2. The van der Waals surface area contributed by atoms with E-state index in [-0.39, 0.29) is 6.03 Å². The highest BCUT2D eigenvalue weighted by Gasteiger charge is 2.11. The first-order valence-corrected chi connectivity index (χ1v) is 8.16. The molecule has 0 aliphatic heterocycles. The second-order valence-corrected chi connectivity index (χ2v) is 6.74. The molecule has 1 heterocycles. The van der Waals surface area contributed by atoms with E-state index in [0.717, 1.165) is 14.8 Å². The van der Waals surface area contributed by atoms with Gasteiger partial charge >= 0.3 is 6.03 Å². The maximum Gasteiger partial charge on any atom is 0.317 e. The van der Waals surface area contributed by atoms with Crippen molar-refractivity contribution in [3.63, 3.8) is 0 Å². The summed E-state index contributed by atoms with van der Waals surface area (Å²) in [5.74, 6) is 1.38. The number of rotatable bonds is 6. The zero-order valence-corrected chi connectivity index (χ0v) is 14.8. The molecule has 0 saturated heterocycles. The average Bonchev–Trinajstić information content (AvgIpc) is 2.96. The Hall–Kier alpha value is -1.92. The van der Waals surface area contributed by atoms with Crippen LogP contribution < -0.4 is 14.8 Å². The summed E-state index contributed by atoms with van der Waals surface area (Å²) in [6, 6.07) is 9.11. The van der Waals surface area contributed by atoms with Crippen LogP contribution in [0.3, 0.4) is 0 Å². The third kappa shape index (κ3) is 5.04. The molecule has 0 saturated carbocycles. The highest BCUT2D eigenvalue weighted by Crippen LogP contribution is 2.23. The molecule has 5 nitrogen and oxygen atoms in total. The van der Waals surface area contributed by atoms with Gasteiger partial charge in [0.1, 0.15) is 11.5 Å². The molecule has 2 amide bonds. The molecule has 0 unspecified atom stereocenters. The Bertz CT molecular complexity index is 653. The van der Waals surface area contributed by atoms with Gasteiger partial charge < -0.3 is 19.7 Å². The van der Waals surface area contributed by atoms with Crippen LogP contribution in [0.5, 0.6) is 11.5 Å². The number of methoxy groups -OCH3 is 2. The molecule has 2 rings (SSSR count). The van der Waals surface area contributed by atoms with Gasteiger partial charge in [-0.05, 0) is 29.8 Å². The van der Waals surface area contributed by atoms with E-state index in [0.29, 0.717) is 24.6 Å². The van der Waals surface area contributed by atoms with Crippen molar-refractivity contribution in [2.75, 3.05) is 21.3 Å². The van der Waals surface area contributed by atoms with Gasteiger partial charge in [0.2, 0.25) is 0 Å². The minimum Gasteiger partial charge on any atom is -0.497 e. The third-order valence-corrected chi connectivity index (χ3v) is 4.44. The first-order valence-electron chi connectivity index (χ1n) is 6.97. The van der Waals surface area contributed by atoms with E-state index >= 15 is 0 Å². The van der Waals surface area contributed by atoms with E-state index in [1.807, 2.05) is 24.3 Å². The molecule has 124 valence electrons. The predicted octanol–water partition coefficient (Wildman–Crippen LogP) is 3.76. The minimum atomic E-state index is -0.156. The van der Waals surface area contributed by atoms with Gasteiger partial charge in [-0.1, -0.05) is 11.6 Å². The molecular weight excluding hydrogens is 336 g/mol. The SMILES string of the molecule is COc1cc(CNC(=O)N(C)Cc2ccc(Cl)s2)cc(OC)c1. The maximum atomic E-state index is 12.2. The molecular formula is C16H19ClN2O3S. The quantitative estimate of drug-likeness (QED) is 0.859. The Morgan fingerprint density at radius 3 is 2.39 bits per heavy atom. The lowest BCUT2D eigenvalue weighted by atomic mass is 10.2. The van der Waals surface area contributed by atoms with Gasteiger partial charge in [0.15, 0.2) is 0 Å². The van der Waals surface area contributed by atoms with Crippen molar-refractivity contribution in [2.45, 2.75) is 13.1 Å². The average molecular weight is 355 g/mol. The van der Waals surface area contributed by atoms with Crippen molar-refractivity contribution in [3.05, 3.63) is 45.1 Å². The number of amides is 2. The van der Waals surface area contributed by atoms with E-state index in [4.69, 9.17) is 21.1 Å². The summed E-state index contributed by atoms with van der Waals surface area (Å²) in [5, 5.41) is 2.88. The van der Waals surface area contributed by atoms with E-state index in [9.17, 15) is 4.79 Å². The van der Waals surface area contributed by atoms with Crippen LogP contribution in [0.1, 0.15) is 10.4 Å². The molecule has 0 aliphatic carbocycles. The van der Waals surface area contributed by atoms with E-state index in [2.05, 4.69) is 5.32 Å². The van der Waals surface area contributed by atoms with Gasteiger partial charge in [-0.3, -0.25) is 0 Å². The first kappa shape index (κ1) is 17.4. The number of thiophene rings is 1. The summed E-state index contributed by atoms with van der Waals surface area (Å²) in [6.45, 7) is 0.909. The predicted molar refractivity (Wildman–Crippen MR) is 92.6 cm³/mol. The topological polar surface area (TPSA) is 50.8 Å². The van der Waals surface area contributed by atoms with E-state index in [1.165, 1.54) is 11.3 Å². The number of ether oxygens (including phenoxy) is 2. The third-order valence-electron chi connectivity index (χ3n) is 3.22. The van der Waals surface area contributed by atoms with Crippen LogP contribution in [0, 0.1) is 0 Å². The van der Waals surface area contributed by atoms with Crippen molar-refractivity contribution < 1.29 is 14.3 Å². The highest BCUT2D eigenvalue weighted by atomic mass is 35.5. The van der Waals surface area contributed by atoms with Crippen LogP contribution in [-0.2, 0) is 13.1 Å². The largest absolute Gasteiger partial charge is 0.497 e. The first-order chi connectivity index (χ1) is 11.0. The zero-order valence-electron chi connectivity index (χ0n) is 13.3. The van der Waals surface area contributed by atoms with Crippen LogP contribution in [0.4, 0.5) is 4.79 Å². The Kier molecular flexibility index (Phi) is 6.12. The molecule has 2 aromatic rings. The molecule has 23 heavy (non-hydrogen) atoms. The normalized spacial score (nSPS) is 10.3. The molecule has 0 spiro atoms. The number of carbonyl (C=O) groups excluding carboxylic acids is 1. The van der Waals surface area contributed by atoms with Gasteiger partial charge in [-0.15, -0.1) is 11.3 Å². The van der Waals surface area contributed by atoms with Crippen LogP contribution in [-0.4, -0.2) is 32.2 Å². The summed E-state index contributed by atoms with van der Waals surface area (Å²) >= 11 is 7.37.